The van der Waals surface area contributed by atoms with E-state index in [9.17, 15) is 23.1 Å². The summed E-state index contributed by atoms with van der Waals surface area (Å²) in [5.74, 6) is -1.19. The lowest BCUT2D eigenvalue weighted by atomic mass is 10.0. The molecule has 1 saturated heterocycles. The van der Waals surface area contributed by atoms with Gasteiger partial charge >= 0.3 is 5.97 Å². The van der Waals surface area contributed by atoms with Crippen molar-refractivity contribution in [1.29, 1.82) is 0 Å². The molecule has 1 unspecified atom stereocenters. The number of carbonyl (C=O) groups excluding carboxylic acids is 1. The number of hydrogen-bond donors (Lipinski definition) is 2. The lowest BCUT2D eigenvalue weighted by Crippen LogP contribution is -2.50. The highest BCUT2D eigenvalue weighted by Crippen LogP contribution is 2.28. The first kappa shape index (κ1) is 19.8. The highest BCUT2D eigenvalue weighted by Gasteiger charge is 2.37. The van der Waals surface area contributed by atoms with Crippen LogP contribution in [0.5, 0.6) is 0 Å². The number of carboxylic acid groups (broad SMARTS) is 1. The van der Waals surface area contributed by atoms with Crippen LogP contribution in [0, 0.1) is 5.92 Å². The summed E-state index contributed by atoms with van der Waals surface area (Å²) >= 11 is 0. The van der Waals surface area contributed by atoms with Crippen LogP contribution in [-0.4, -0.2) is 48.6 Å². The van der Waals surface area contributed by atoms with Gasteiger partial charge in [-0.15, -0.1) is 0 Å². The van der Waals surface area contributed by atoms with Gasteiger partial charge in [0.1, 0.15) is 6.04 Å². The quantitative estimate of drug-likeness (QED) is 0.767. The smallest absolute Gasteiger partial charge is 0.326 e. The van der Waals surface area contributed by atoms with Crippen molar-refractivity contribution in [3.8, 4) is 0 Å². The predicted molar refractivity (Wildman–Crippen MR) is 100 cm³/mol. The van der Waals surface area contributed by atoms with Crippen molar-refractivity contribution in [1.82, 2.24) is 9.62 Å². The highest BCUT2D eigenvalue weighted by atomic mass is 32.2. The third-order valence-electron chi connectivity index (χ3n) is 5.50. The van der Waals surface area contributed by atoms with Crippen LogP contribution in [0.15, 0.2) is 30.3 Å². The number of likely N-dealkylation sites (tertiary alicyclic amines) is 1. The van der Waals surface area contributed by atoms with Crippen molar-refractivity contribution < 1.29 is 23.1 Å². The van der Waals surface area contributed by atoms with Gasteiger partial charge in [-0.3, -0.25) is 9.59 Å². The minimum absolute atomic E-state index is 0.00972. The predicted octanol–water partition coefficient (Wildman–Crippen LogP) is 1.91. The Bertz CT molecular complexity index is 775. The van der Waals surface area contributed by atoms with Gasteiger partial charge in [0, 0.05) is 19.0 Å². The Balaban J connectivity index is 1.71. The van der Waals surface area contributed by atoms with Crippen LogP contribution >= 0.6 is 0 Å². The van der Waals surface area contributed by atoms with Gasteiger partial charge in [-0.2, -0.15) is 4.72 Å². The number of nitrogens with one attached hydrogen (secondary N) is 1. The molecular weight excluding hydrogens is 368 g/mol. The van der Waals surface area contributed by atoms with E-state index in [0.717, 1.165) is 25.7 Å². The molecule has 1 aliphatic heterocycles. The Kier molecular flexibility index (Phi) is 6.16. The largest absolute Gasteiger partial charge is 0.480 e. The molecule has 1 aromatic carbocycles. The van der Waals surface area contributed by atoms with Gasteiger partial charge in [-0.1, -0.05) is 43.2 Å². The topological polar surface area (TPSA) is 104 Å². The maximum Gasteiger partial charge on any atom is 0.326 e. The molecule has 2 atom stereocenters. The summed E-state index contributed by atoms with van der Waals surface area (Å²) < 4.78 is 28.0. The molecule has 1 saturated carbocycles. The fraction of sp³-hybridized carbons (Fsp3) is 0.579. The summed E-state index contributed by atoms with van der Waals surface area (Å²) in [6, 6.07) is 6.91. The average Bonchev–Trinajstić information content (AvgIpc) is 3.21. The van der Waals surface area contributed by atoms with Gasteiger partial charge in [-0.25, -0.2) is 8.42 Å². The van der Waals surface area contributed by atoms with Crippen molar-refractivity contribution >= 4 is 21.9 Å². The van der Waals surface area contributed by atoms with Crippen LogP contribution in [0.25, 0.3) is 0 Å². The van der Waals surface area contributed by atoms with E-state index in [1.807, 2.05) is 0 Å². The molecule has 1 aromatic rings. The van der Waals surface area contributed by atoms with Gasteiger partial charge in [-0.05, 0) is 31.2 Å². The maximum absolute atomic E-state index is 12.9. The van der Waals surface area contributed by atoms with Crippen LogP contribution in [0.3, 0.4) is 0 Å². The minimum Gasteiger partial charge on any atom is -0.480 e. The van der Waals surface area contributed by atoms with Crippen LogP contribution in [0.2, 0.25) is 0 Å². The summed E-state index contributed by atoms with van der Waals surface area (Å²) in [7, 11) is -3.89. The molecule has 0 spiro atoms. The Morgan fingerprint density at radius 2 is 1.74 bits per heavy atom. The molecule has 0 aromatic heterocycles. The van der Waals surface area contributed by atoms with E-state index in [4.69, 9.17) is 0 Å². The van der Waals surface area contributed by atoms with E-state index >= 15 is 0 Å². The van der Waals surface area contributed by atoms with Gasteiger partial charge in [0.15, 0.2) is 0 Å². The monoisotopic (exact) mass is 394 g/mol. The van der Waals surface area contributed by atoms with Crippen molar-refractivity contribution in [3.05, 3.63) is 35.9 Å². The standard InChI is InChI=1S/C19H26N2O5S/c22-18(15-9-4-5-10-15)21-12-6-11-16(13-21)27(25,26)20-17(19(23)24)14-7-2-1-3-8-14/h1-3,7-8,15-17,20H,4-6,9-13H2,(H,23,24)/t16?,17-/m0/s1. The Morgan fingerprint density at radius 1 is 1.07 bits per heavy atom. The summed E-state index contributed by atoms with van der Waals surface area (Å²) in [6.07, 6.45) is 4.87. The second-order valence-corrected chi connectivity index (χ2v) is 9.37. The molecule has 0 radical (unpaired) electrons. The van der Waals surface area contributed by atoms with E-state index in [0.29, 0.717) is 24.9 Å². The zero-order valence-corrected chi connectivity index (χ0v) is 16.0. The Hall–Kier alpha value is -1.93. The van der Waals surface area contributed by atoms with E-state index in [-0.39, 0.29) is 18.4 Å². The van der Waals surface area contributed by atoms with Gasteiger partial charge in [0.2, 0.25) is 15.9 Å². The molecule has 1 amide bonds. The zero-order chi connectivity index (χ0) is 19.4. The van der Waals surface area contributed by atoms with Crippen molar-refractivity contribution in [2.24, 2.45) is 5.92 Å². The third-order valence-corrected chi connectivity index (χ3v) is 7.32. The van der Waals surface area contributed by atoms with E-state index in [1.165, 1.54) is 0 Å². The number of amides is 1. The molecule has 2 N–H and O–H groups in total. The molecule has 148 valence electrons. The molecule has 1 aliphatic carbocycles. The molecule has 2 fully saturated rings. The van der Waals surface area contributed by atoms with Crippen molar-refractivity contribution in [3.63, 3.8) is 0 Å². The minimum atomic E-state index is -3.89. The lowest BCUT2D eigenvalue weighted by molar-refractivity contribution is -0.139. The number of sulfonamides is 1. The molecule has 27 heavy (non-hydrogen) atoms. The molecule has 0 bridgehead atoms. The number of carbonyl (C=O) groups is 2. The number of benzene rings is 1. The van der Waals surface area contributed by atoms with Crippen LogP contribution < -0.4 is 4.72 Å². The summed E-state index contributed by atoms with van der Waals surface area (Å²) in [5, 5.41) is 8.69. The normalized spacial score (nSPS) is 22.5. The number of hydrogen-bond acceptors (Lipinski definition) is 4. The number of aliphatic carboxylic acids is 1. The lowest BCUT2D eigenvalue weighted by Gasteiger charge is -2.34. The van der Waals surface area contributed by atoms with Crippen LogP contribution in [-0.2, 0) is 19.6 Å². The van der Waals surface area contributed by atoms with E-state index < -0.39 is 27.3 Å². The third kappa shape index (κ3) is 4.68. The van der Waals surface area contributed by atoms with Crippen molar-refractivity contribution in [2.75, 3.05) is 13.1 Å². The molecular formula is C19H26N2O5S. The SMILES string of the molecule is O=C(O)[C@@H](NS(=O)(=O)C1CCCN(C(=O)C2CCCC2)C1)c1ccccc1. The molecule has 3 rings (SSSR count). The fourth-order valence-electron chi connectivity index (χ4n) is 3.99. The number of nitrogens with zero attached hydrogens (tertiary/aromatic N) is 1. The average molecular weight is 394 g/mol. The second kappa shape index (κ2) is 8.39. The molecule has 2 aliphatic rings. The van der Waals surface area contributed by atoms with E-state index in [2.05, 4.69) is 4.72 Å². The molecule has 7 nitrogen and oxygen atoms in total. The van der Waals surface area contributed by atoms with Gasteiger partial charge in [0.25, 0.3) is 0 Å². The van der Waals surface area contributed by atoms with E-state index in [1.54, 1.807) is 35.2 Å². The first-order valence-electron chi connectivity index (χ1n) is 9.46. The summed E-state index contributed by atoms with van der Waals surface area (Å²) in [4.78, 5) is 25.9. The first-order valence-corrected chi connectivity index (χ1v) is 11.0. The van der Waals surface area contributed by atoms with Crippen LogP contribution in [0.1, 0.15) is 50.1 Å². The van der Waals surface area contributed by atoms with Crippen LogP contribution in [0.4, 0.5) is 0 Å². The molecule has 1 heterocycles. The molecule has 8 heteroatoms. The van der Waals surface area contributed by atoms with Gasteiger partial charge < -0.3 is 10.0 Å². The zero-order valence-electron chi connectivity index (χ0n) is 15.2. The summed E-state index contributed by atoms with van der Waals surface area (Å²) in [6.45, 7) is 0.703. The number of carboxylic acids is 1. The first-order chi connectivity index (χ1) is 12.9. The maximum atomic E-state index is 12.9. The fourth-order valence-corrected chi connectivity index (χ4v) is 5.60. The van der Waals surface area contributed by atoms with Crippen molar-refractivity contribution in [2.45, 2.75) is 49.8 Å². The Morgan fingerprint density at radius 3 is 2.37 bits per heavy atom. The second-order valence-electron chi connectivity index (χ2n) is 7.37. The Labute approximate surface area is 159 Å². The number of rotatable bonds is 6. The highest BCUT2D eigenvalue weighted by molar-refractivity contribution is 7.90. The van der Waals surface area contributed by atoms with Gasteiger partial charge in [0.05, 0.1) is 5.25 Å². The summed E-state index contributed by atoms with van der Waals surface area (Å²) in [5.41, 5.74) is 0.378. The number of piperidine rings is 1.